The summed E-state index contributed by atoms with van der Waals surface area (Å²) in [7, 11) is 1.33. The van der Waals surface area contributed by atoms with Crippen molar-refractivity contribution >= 4 is 33.6 Å². The number of hydrogen-bond acceptors (Lipinski definition) is 4. The molecule has 0 bridgehead atoms. The number of ether oxygens (including phenoxy) is 1. The van der Waals surface area contributed by atoms with Gasteiger partial charge >= 0.3 is 5.97 Å². The second-order valence-corrected chi connectivity index (χ2v) is 7.13. The third kappa shape index (κ3) is 4.90. The summed E-state index contributed by atoms with van der Waals surface area (Å²) in [6.45, 7) is 1.88. The summed E-state index contributed by atoms with van der Waals surface area (Å²) in [6, 6.07) is 7.01. The van der Waals surface area contributed by atoms with Crippen molar-refractivity contribution in [2.45, 2.75) is 38.6 Å². The largest absolute Gasteiger partial charge is 0.469 e. The molecule has 5 nitrogen and oxygen atoms in total. The molecule has 1 aliphatic carbocycles. The van der Waals surface area contributed by atoms with Gasteiger partial charge < -0.3 is 10.1 Å². The monoisotopic (exact) mass is 395 g/mol. The Morgan fingerprint density at radius 1 is 1.33 bits per heavy atom. The van der Waals surface area contributed by atoms with Crippen molar-refractivity contribution in [2.24, 2.45) is 11.8 Å². The van der Waals surface area contributed by atoms with Gasteiger partial charge in [0.15, 0.2) is 0 Å². The molecule has 1 fully saturated rings. The van der Waals surface area contributed by atoms with E-state index in [1.54, 1.807) is 0 Å². The van der Waals surface area contributed by atoms with Crippen molar-refractivity contribution in [2.75, 3.05) is 7.11 Å². The van der Waals surface area contributed by atoms with E-state index in [2.05, 4.69) is 21.2 Å². The SMILES string of the molecule is COC(=O)C[C@H](NC(=O)C[C@H]1CCC(=O)[C@H]1C)c1ccc(Br)cc1. The molecule has 0 aliphatic heterocycles. The van der Waals surface area contributed by atoms with Gasteiger partial charge in [0, 0.05) is 23.2 Å². The number of esters is 1. The molecule has 1 aliphatic rings. The topological polar surface area (TPSA) is 72.5 Å². The first kappa shape index (κ1) is 18.6. The van der Waals surface area contributed by atoms with Gasteiger partial charge in [-0.1, -0.05) is 35.0 Å². The number of carbonyl (C=O) groups excluding carboxylic acids is 3. The maximum absolute atomic E-state index is 12.4. The van der Waals surface area contributed by atoms with Crippen LogP contribution in [-0.4, -0.2) is 24.8 Å². The predicted octanol–water partition coefficient (Wildman–Crippen LogP) is 3.17. The number of methoxy groups -OCH3 is 1. The maximum Gasteiger partial charge on any atom is 0.307 e. The first-order chi connectivity index (χ1) is 11.4. The third-order valence-corrected chi connectivity index (χ3v) is 5.16. The van der Waals surface area contributed by atoms with E-state index in [4.69, 9.17) is 4.74 Å². The molecule has 3 atom stereocenters. The van der Waals surface area contributed by atoms with Crippen LogP contribution >= 0.6 is 15.9 Å². The molecule has 24 heavy (non-hydrogen) atoms. The van der Waals surface area contributed by atoms with E-state index in [1.165, 1.54) is 7.11 Å². The van der Waals surface area contributed by atoms with Crippen LogP contribution in [0.1, 0.15) is 44.2 Å². The number of ketones is 1. The summed E-state index contributed by atoms with van der Waals surface area (Å²) in [4.78, 5) is 35.7. The Morgan fingerprint density at radius 3 is 2.54 bits per heavy atom. The van der Waals surface area contributed by atoms with Gasteiger partial charge in [-0.05, 0) is 30.0 Å². The molecule has 0 saturated heterocycles. The minimum absolute atomic E-state index is 0.0671. The molecule has 130 valence electrons. The molecule has 0 heterocycles. The Balaban J connectivity index is 2.04. The van der Waals surface area contributed by atoms with Crippen LogP contribution in [0, 0.1) is 11.8 Å². The number of Topliss-reactive ketones (excluding diaryl/α,β-unsaturated/α-hetero) is 1. The molecule has 6 heteroatoms. The molecule has 1 N–H and O–H groups in total. The van der Waals surface area contributed by atoms with Crippen molar-refractivity contribution in [1.29, 1.82) is 0 Å². The molecule has 0 aromatic heterocycles. The standard InChI is InChI=1S/C18H22BrNO4/c1-11-13(5-8-16(11)21)9-17(22)20-15(10-18(23)24-2)12-3-6-14(19)7-4-12/h3-4,6-7,11,13,15H,5,8-10H2,1-2H3,(H,20,22)/t11-,13+,15-/m0/s1. The molecule has 1 aromatic carbocycles. The summed E-state index contributed by atoms with van der Waals surface area (Å²) in [6.07, 6.45) is 1.69. The van der Waals surface area contributed by atoms with Gasteiger partial charge in [-0.3, -0.25) is 14.4 Å². The van der Waals surface area contributed by atoms with Crippen molar-refractivity contribution in [3.63, 3.8) is 0 Å². The van der Waals surface area contributed by atoms with Crippen LogP contribution < -0.4 is 5.32 Å². The molecule has 2 rings (SSSR count). The zero-order valence-electron chi connectivity index (χ0n) is 13.9. The second kappa shape index (κ2) is 8.42. The molecule has 0 unspecified atom stereocenters. The first-order valence-electron chi connectivity index (χ1n) is 8.05. The fourth-order valence-electron chi connectivity index (χ4n) is 3.04. The van der Waals surface area contributed by atoms with Gasteiger partial charge in [-0.25, -0.2) is 0 Å². The van der Waals surface area contributed by atoms with Crippen molar-refractivity contribution in [1.82, 2.24) is 5.32 Å². The van der Waals surface area contributed by atoms with E-state index in [9.17, 15) is 14.4 Å². The molecule has 0 radical (unpaired) electrons. The van der Waals surface area contributed by atoms with Crippen molar-refractivity contribution in [3.8, 4) is 0 Å². The highest BCUT2D eigenvalue weighted by Crippen LogP contribution is 2.31. The maximum atomic E-state index is 12.4. The highest BCUT2D eigenvalue weighted by atomic mass is 79.9. The number of carbonyl (C=O) groups is 3. The molecular formula is C18H22BrNO4. The molecule has 0 spiro atoms. The lowest BCUT2D eigenvalue weighted by molar-refractivity contribution is -0.141. The van der Waals surface area contributed by atoms with Gasteiger partial charge in [-0.2, -0.15) is 0 Å². The summed E-state index contributed by atoms with van der Waals surface area (Å²) >= 11 is 3.37. The lowest BCUT2D eigenvalue weighted by atomic mass is 9.93. The Hall–Kier alpha value is -1.69. The van der Waals surface area contributed by atoms with E-state index < -0.39 is 6.04 Å². The van der Waals surface area contributed by atoms with E-state index >= 15 is 0 Å². The average Bonchev–Trinajstić information content (AvgIpc) is 2.86. The predicted molar refractivity (Wildman–Crippen MR) is 93.2 cm³/mol. The number of amides is 1. The minimum atomic E-state index is -0.439. The quantitative estimate of drug-likeness (QED) is 0.750. The normalized spacial score (nSPS) is 21.4. The Labute approximate surface area is 150 Å². The Bertz CT molecular complexity index is 614. The van der Waals surface area contributed by atoms with E-state index in [0.29, 0.717) is 12.8 Å². The second-order valence-electron chi connectivity index (χ2n) is 6.21. The van der Waals surface area contributed by atoms with Gasteiger partial charge in [0.05, 0.1) is 19.6 Å². The van der Waals surface area contributed by atoms with Gasteiger partial charge in [-0.15, -0.1) is 0 Å². The Morgan fingerprint density at radius 2 is 2.00 bits per heavy atom. The smallest absolute Gasteiger partial charge is 0.307 e. The lowest BCUT2D eigenvalue weighted by Crippen LogP contribution is -2.32. The third-order valence-electron chi connectivity index (χ3n) is 4.63. The number of halogens is 1. The van der Waals surface area contributed by atoms with E-state index in [-0.39, 0.29) is 35.9 Å². The van der Waals surface area contributed by atoms with Crippen LogP contribution in [0.2, 0.25) is 0 Å². The average molecular weight is 396 g/mol. The Kier molecular flexibility index (Phi) is 6.54. The number of rotatable bonds is 6. The first-order valence-corrected chi connectivity index (χ1v) is 8.84. The fraction of sp³-hybridized carbons (Fsp3) is 0.500. The fourth-order valence-corrected chi connectivity index (χ4v) is 3.30. The van der Waals surface area contributed by atoms with Gasteiger partial charge in [0.1, 0.15) is 5.78 Å². The number of hydrogen-bond donors (Lipinski definition) is 1. The van der Waals surface area contributed by atoms with E-state index in [1.807, 2.05) is 31.2 Å². The number of nitrogens with one attached hydrogen (secondary N) is 1. The lowest BCUT2D eigenvalue weighted by Gasteiger charge is -2.20. The van der Waals surface area contributed by atoms with Crippen LogP contribution in [0.3, 0.4) is 0 Å². The zero-order valence-corrected chi connectivity index (χ0v) is 15.5. The van der Waals surface area contributed by atoms with Crippen LogP contribution in [-0.2, 0) is 19.1 Å². The van der Waals surface area contributed by atoms with Crippen LogP contribution in [0.4, 0.5) is 0 Å². The van der Waals surface area contributed by atoms with Crippen LogP contribution in [0.5, 0.6) is 0 Å². The summed E-state index contributed by atoms with van der Waals surface area (Å²) in [5.41, 5.74) is 0.840. The highest BCUT2D eigenvalue weighted by molar-refractivity contribution is 9.10. The minimum Gasteiger partial charge on any atom is -0.469 e. The van der Waals surface area contributed by atoms with Crippen LogP contribution in [0.25, 0.3) is 0 Å². The van der Waals surface area contributed by atoms with Crippen molar-refractivity contribution in [3.05, 3.63) is 34.3 Å². The van der Waals surface area contributed by atoms with E-state index in [0.717, 1.165) is 16.5 Å². The van der Waals surface area contributed by atoms with Crippen LogP contribution in [0.15, 0.2) is 28.7 Å². The van der Waals surface area contributed by atoms with Crippen molar-refractivity contribution < 1.29 is 19.1 Å². The molecule has 1 saturated carbocycles. The summed E-state index contributed by atoms with van der Waals surface area (Å²) < 4.78 is 5.65. The van der Waals surface area contributed by atoms with Gasteiger partial charge in [0.25, 0.3) is 0 Å². The molecular weight excluding hydrogens is 374 g/mol. The summed E-state index contributed by atoms with van der Waals surface area (Å²) in [5.74, 6) is -0.276. The zero-order chi connectivity index (χ0) is 17.7. The van der Waals surface area contributed by atoms with Gasteiger partial charge in [0.2, 0.25) is 5.91 Å². The molecule has 1 amide bonds. The summed E-state index contributed by atoms with van der Waals surface area (Å²) in [5, 5.41) is 2.91. The number of benzene rings is 1. The molecule has 1 aromatic rings. The highest BCUT2D eigenvalue weighted by Gasteiger charge is 2.32.